The van der Waals surface area contributed by atoms with E-state index in [0.717, 1.165) is 19.5 Å². The molecule has 1 aliphatic rings. The van der Waals surface area contributed by atoms with Gasteiger partial charge in [0, 0.05) is 19.0 Å². The molecule has 2 atom stereocenters. The van der Waals surface area contributed by atoms with Gasteiger partial charge in [0.05, 0.1) is 0 Å². The number of amides is 1. The third kappa shape index (κ3) is 2.08. The summed E-state index contributed by atoms with van der Waals surface area (Å²) in [5.74, 6) is 0.824. The first kappa shape index (κ1) is 12.2. The summed E-state index contributed by atoms with van der Waals surface area (Å²) < 4.78 is 0. The first-order valence-electron chi connectivity index (χ1n) is 6.55. The molecule has 0 fully saturated rings. The predicted molar refractivity (Wildman–Crippen MR) is 70.0 cm³/mol. The molecule has 1 aromatic carbocycles. The Hall–Kier alpha value is -1.31. The van der Waals surface area contributed by atoms with Crippen molar-refractivity contribution in [3.8, 4) is 0 Å². The van der Waals surface area contributed by atoms with E-state index in [0.29, 0.717) is 11.8 Å². The maximum atomic E-state index is 12.4. The minimum atomic E-state index is 0.146. The average Bonchev–Trinajstić information content (AvgIpc) is 2.69. The monoisotopic (exact) mass is 231 g/mol. The largest absolute Gasteiger partial charge is 0.343 e. The van der Waals surface area contributed by atoms with Crippen molar-refractivity contribution in [1.29, 1.82) is 0 Å². The molecule has 0 N–H and O–H groups in total. The van der Waals surface area contributed by atoms with Crippen molar-refractivity contribution in [2.24, 2.45) is 5.92 Å². The van der Waals surface area contributed by atoms with Gasteiger partial charge in [-0.2, -0.15) is 0 Å². The van der Waals surface area contributed by atoms with Crippen molar-refractivity contribution in [2.75, 3.05) is 13.1 Å². The molecule has 2 heteroatoms. The van der Waals surface area contributed by atoms with Crippen molar-refractivity contribution in [2.45, 2.75) is 33.1 Å². The zero-order valence-electron chi connectivity index (χ0n) is 10.9. The van der Waals surface area contributed by atoms with Gasteiger partial charge in [-0.05, 0) is 37.3 Å². The van der Waals surface area contributed by atoms with Gasteiger partial charge in [0.2, 0.25) is 5.91 Å². The molecule has 0 saturated heterocycles. The number of carbonyl (C=O) groups excluding carboxylic acids is 1. The number of hydrogen-bond donors (Lipinski definition) is 0. The fraction of sp³-hybridized carbons (Fsp3) is 0.533. The highest BCUT2D eigenvalue weighted by Gasteiger charge is 2.35. The quantitative estimate of drug-likeness (QED) is 0.783. The molecule has 0 aromatic heterocycles. The Balaban J connectivity index is 2.19. The van der Waals surface area contributed by atoms with Crippen LogP contribution in [0.5, 0.6) is 0 Å². The van der Waals surface area contributed by atoms with Crippen molar-refractivity contribution in [3.63, 3.8) is 0 Å². The number of carbonyl (C=O) groups is 1. The molecule has 92 valence electrons. The molecule has 0 spiro atoms. The number of fused-ring (bicyclic) bond motifs is 1. The first-order valence-corrected chi connectivity index (χ1v) is 6.55. The summed E-state index contributed by atoms with van der Waals surface area (Å²) in [6, 6.07) is 8.45. The topological polar surface area (TPSA) is 20.3 Å². The second-order valence-corrected chi connectivity index (χ2v) is 4.81. The summed E-state index contributed by atoms with van der Waals surface area (Å²) in [4.78, 5) is 14.4. The minimum Gasteiger partial charge on any atom is -0.343 e. The molecule has 0 radical (unpaired) electrons. The van der Waals surface area contributed by atoms with Crippen molar-refractivity contribution in [3.05, 3.63) is 35.4 Å². The highest BCUT2D eigenvalue weighted by atomic mass is 16.2. The Kier molecular flexibility index (Phi) is 3.51. The molecule has 1 amide bonds. The SMILES string of the molecule is CCN(CC)C(=O)[C@@H]1Cc2ccccc2[C@@H]1C. The van der Waals surface area contributed by atoms with E-state index in [1.165, 1.54) is 11.1 Å². The molecule has 2 nitrogen and oxygen atoms in total. The second-order valence-electron chi connectivity index (χ2n) is 4.81. The van der Waals surface area contributed by atoms with Gasteiger partial charge in [-0.1, -0.05) is 31.2 Å². The van der Waals surface area contributed by atoms with Crippen LogP contribution in [0.25, 0.3) is 0 Å². The molecule has 17 heavy (non-hydrogen) atoms. The Morgan fingerprint density at radius 1 is 1.29 bits per heavy atom. The van der Waals surface area contributed by atoms with E-state index in [9.17, 15) is 4.79 Å². The van der Waals surface area contributed by atoms with Gasteiger partial charge < -0.3 is 4.90 Å². The molecule has 2 rings (SSSR count). The standard InChI is InChI=1S/C15H21NO/c1-4-16(5-2)15(17)14-10-12-8-6-7-9-13(12)11(14)3/h6-9,11,14H,4-5,10H2,1-3H3/t11-,14+/m0/s1. The summed E-state index contributed by atoms with van der Waals surface area (Å²) >= 11 is 0. The van der Waals surface area contributed by atoms with Crippen LogP contribution in [-0.4, -0.2) is 23.9 Å². The van der Waals surface area contributed by atoms with E-state index < -0.39 is 0 Å². The normalized spacial score (nSPS) is 22.3. The van der Waals surface area contributed by atoms with Gasteiger partial charge in [-0.25, -0.2) is 0 Å². The predicted octanol–water partition coefficient (Wildman–Crippen LogP) is 2.83. The number of benzene rings is 1. The molecule has 0 unspecified atom stereocenters. The molecule has 1 aliphatic carbocycles. The summed E-state index contributed by atoms with van der Waals surface area (Å²) in [5, 5.41) is 0. The molecule has 0 heterocycles. The van der Waals surface area contributed by atoms with E-state index in [1.807, 2.05) is 18.7 Å². The van der Waals surface area contributed by atoms with Gasteiger partial charge in [0.25, 0.3) is 0 Å². The van der Waals surface area contributed by atoms with Gasteiger partial charge >= 0.3 is 0 Å². The number of nitrogens with zero attached hydrogens (tertiary/aromatic N) is 1. The Morgan fingerprint density at radius 2 is 1.94 bits per heavy atom. The minimum absolute atomic E-state index is 0.146. The lowest BCUT2D eigenvalue weighted by Gasteiger charge is -2.25. The Bertz CT molecular complexity index is 409. The van der Waals surface area contributed by atoms with Crippen LogP contribution in [0, 0.1) is 5.92 Å². The second kappa shape index (κ2) is 4.91. The van der Waals surface area contributed by atoms with Gasteiger partial charge in [-0.3, -0.25) is 4.79 Å². The van der Waals surface area contributed by atoms with Crippen LogP contribution in [0.4, 0.5) is 0 Å². The van der Waals surface area contributed by atoms with Gasteiger partial charge in [-0.15, -0.1) is 0 Å². The summed E-state index contributed by atoms with van der Waals surface area (Å²) in [5.41, 5.74) is 2.71. The molecule has 1 aromatic rings. The van der Waals surface area contributed by atoms with E-state index in [4.69, 9.17) is 0 Å². The summed E-state index contributed by atoms with van der Waals surface area (Å²) in [6.45, 7) is 7.91. The van der Waals surface area contributed by atoms with Crippen LogP contribution >= 0.6 is 0 Å². The lowest BCUT2D eigenvalue weighted by atomic mass is 9.93. The third-order valence-electron chi connectivity index (χ3n) is 3.98. The highest BCUT2D eigenvalue weighted by Crippen LogP contribution is 2.38. The van der Waals surface area contributed by atoms with Crippen LogP contribution in [0.1, 0.15) is 37.8 Å². The third-order valence-corrected chi connectivity index (χ3v) is 3.98. The van der Waals surface area contributed by atoms with Crippen LogP contribution in [-0.2, 0) is 11.2 Å². The van der Waals surface area contributed by atoms with Gasteiger partial charge in [0.1, 0.15) is 0 Å². The molecule has 0 saturated carbocycles. The lowest BCUT2D eigenvalue weighted by Crippen LogP contribution is -2.37. The van der Waals surface area contributed by atoms with E-state index in [-0.39, 0.29) is 5.92 Å². The van der Waals surface area contributed by atoms with E-state index in [1.54, 1.807) is 0 Å². The first-order chi connectivity index (χ1) is 8.19. The van der Waals surface area contributed by atoms with Gasteiger partial charge in [0.15, 0.2) is 0 Å². The number of rotatable bonds is 3. The smallest absolute Gasteiger partial charge is 0.226 e. The van der Waals surface area contributed by atoms with Crippen LogP contribution in [0.2, 0.25) is 0 Å². The highest BCUT2D eigenvalue weighted by molar-refractivity contribution is 5.81. The van der Waals surface area contributed by atoms with Crippen LogP contribution in [0.15, 0.2) is 24.3 Å². The van der Waals surface area contributed by atoms with Crippen LogP contribution in [0.3, 0.4) is 0 Å². The summed E-state index contributed by atoms with van der Waals surface area (Å²) in [7, 11) is 0. The molecule has 0 bridgehead atoms. The molecular formula is C15H21NO. The Labute approximate surface area is 104 Å². The number of hydrogen-bond acceptors (Lipinski definition) is 1. The van der Waals surface area contributed by atoms with Crippen molar-refractivity contribution >= 4 is 5.91 Å². The average molecular weight is 231 g/mol. The van der Waals surface area contributed by atoms with E-state index >= 15 is 0 Å². The van der Waals surface area contributed by atoms with Crippen molar-refractivity contribution < 1.29 is 4.79 Å². The molecular weight excluding hydrogens is 210 g/mol. The lowest BCUT2D eigenvalue weighted by molar-refractivity contribution is -0.135. The van der Waals surface area contributed by atoms with Crippen LogP contribution < -0.4 is 0 Å². The maximum Gasteiger partial charge on any atom is 0.226 e. The molecule has 0 aliphatic heterocycles. The Morgan fingerprint density at radius 3 is 2.53 bits per heavy atom. The zero-order valence-corrected chi connectivity index (χ0v) is 10.9. The maximum absolute atomic E-state index is 12.4. The van der Waals surface area contributed by atoms with Crippen molar-refractivity contribution in [1.82, 2.24) is 4.90 Å². The summed E-state index contributed by atoms with van der Waals surface area (Å²) in [6.07, 6.45) is 0.909. The fourth-order valence-corrected chi connectivity index (χ4v) is 2.87. The van der Waals surface area contributed by atoms with E-state index in [2.05, 4.69) is 31.2 Å². The fourth-order valence-electron chi connectivity index (χ4n) is 2.87. The zero-order chi connectivity index (χ0) is 12.4.